The highest BCUT2D eigenvalue weighted by molar-refractivity contribution is 6.58. The molecule has 0 saturated heterocycles. The van der Waals surface area contributed by atoms with Gasteiger partial charge in [-0.05, 0) is 23.2 Å². The van der Waals surface area contributed by atoms with Crippen LogP contribution in [0.2, 0.25) is 0 Å². The lowest BCUT2D eigenvalue weighted by atomic mass is 9.79. The van der Waals surface area contributed by atoms with Crippen LogP contribution in [0.25, 0.3) is 16.9 Å². The van der Waals surface area contributed by atoms with E-state index in [1.165, 1.54) is 0 Å². The second-order valence-electron chi connectivity index (χ2n) is 7.73. The highest BCUT2D eigenvalue weighted by atomic mass is 16.5. The van der Waals surface area contributed by atoms with Crippen LogP contribution in [0.5, 0.6) is 0 Å². The number of aromatic nitrogens is 4. The Hall–Kier alpha value is -3.80. The highest BCUT2D eigenvalue weighted by Crippen LogP contribution is 2.26. The summed E-state index contributed by atoms with van der Waals surface area (Å²) < 4.78 is 7.21. The summed E-state index contributed by atoms with van der Waals surface area (Å²) in [4.78, 5) is 21.2. The number of nitrogens with one attached hydrogen (secondary N) is 1. The number of nitrogens with two attached hydrogens (primary N) is 1. The average molecular weight is 444 g/mol. The van der Waals surface area contributed by atoms with E-state index in [1.807, 2.05) is 12.1 Å². The minimum Gasteiger partial charge on any atom is -0.423 e. The van der Waals surface area contributed by atoms with Gasteiger partial charge >= 0.3 is 7.12 Å². The number of carbonyl (C=O) groups excluding carboxylic acids is 1. The largest absolute Gasteiger partial charge is 0.488 e. The first-order chi connectivity index (χ1) is 16.0. The molecule has 166 valence electrons. The molecule has 1 aliphatic rings. The Morgan fingerprint density at radius 2 is 2.06 bits per heavy atom. The van der Waals surface area contributed by atoms with Gasteiger partial charge in [0.25, 0.3) is 5.95 Å². The first-order valence-corrected chi connectivity index (χ1v) is 10.4. The minimum absolute atomic E-state index is 0.370. The number of anilines is 1. The molecular formula is C22H21BN6O4. The molecule has 0 atom stereocenters. The normalized spacial score (nSPS) is 13.0. The quantitative estimate of drug-likeness (QED) is 0.310. The van der Waals surface area contributed by atoms with Crippen LogP contribution in [-0.4, -0.2) is 49.4 Å². The van der Waals surface area contributed by atoms with Crippen molar-refractivity contribution in [2.45, 2.75) is 19.6 Å². The molecule has 0 aliphatic carbocycles. The van der Waals surface area contributed by atoms with Crippen LogP contribution in [-0.2, 0) is 24.3 Å². The van der Waals surface area contributed by atoms with Gasteiger partial charge in [-0.25, -0.2) is 4.98 Å². The van der Waals surface area contributed by atoms with Crippen molar-refractivity contribution >= 4 is 35.2 Å². The fourth-order valence-corrected chi connectivity index (χ4v) is 3.93. The third-order valence-corrected chi connectivity index (χ3v) is 5.59. The van der Waals surface area contributed by atoms with Gasteiger partial charge in [0.1, 0.15) is 5.82 Å². The van der Waals surface area contributed by atoms with E-state index in [9.17, 15) is 14.8 Å². The molecule has 0 unspecified atom stereocenters. The van der Waals surface area contributed by atoms with Gasteiger partial charge in [0.15, 0.2) is 0 Å². The molecule has 11 heteroatoms. The number of primary amides is 1. The smallest absolute Gasteiger partial charge is 0.423 e. The number of amides is 1. The number of hydrogen-bond donors (Lipinski definition) is 4. The van der Waals surface area contributed by atoms with Gasteiger partial charge < -0.3 is 25.8 Å². The van der Waals surface area contributed by atoms with Crippen LogP contribution in [0.15, 0.2) is 48.7 Å². The van der Waals surface area contributed by atoms with Crippen LogP contribution in [0.4, 0.5) is 5.82 Å². The minimum atomic E-state index is -1.53. The zero-order valence-corrected chi connectivity index (χ0v) is 17.6. The van der Waals surface area contributed by atoms with Crippen molar-refractivity contribution in [1.82, 2.24) is 19.7 Å². The summed E-state index contributed by atoms with van der Waals surface area (Å²) in [7, 11) is -1.53. The molecule has 2 aromatic heterocycles. The molecule has 0 spiro atoms. The second kappa shape index (κ2) is 8.62. The van der Waals surface area contributed by atoms with Crippen molar-refractivity contribution in [1.29, 1.82) is 0 Å². The molecule has 5 N–H and O–H groups in total. The maximum Gasteiger partial charge on any atom is 0.488 e. The Balaban J connectivity index is 1.54. The number of benzene rings is 2. The summed E-state index contributed by atoms with van der Waals surface area (Å²) >= 11 is 0. The summed E-state index contributed by atoms with van der Waals surface area (Å²) in [5.74, 6) is 0.454. The average Bonchev–Trinajstić information content (AvgIpc) is 3.26. The Bertz CT molecular complexity index is 1360. The molecule has 33 heavy (non-hydrogen) atoms. The molecule has 10 nitrogen and oxygen atoms in total. The van der Waals surface area contributed by atoms with Crippen molar-refractivity contribution in [2.75, 3.05) is 11.9 Å². The van der Waals surface area contributed by atoms with Crippen LogP contribution < -0.4 is 16.5 Å². The molecule has 0 saturated carbocycles. The van der Waals surface area contributed by atoms with E-state index in [2.05, 4.69) is 10.4 Å². The maximum absolute atomic E-state index is 11.8. The SMILES string of the molecule is NC(=O)c1cccc2c1cnn2-c1nc2c(c(NCc3cccc(B(O)O)c3)n1)COCC2. The number of rotatable bonds is 6. The molecule has 0 radical (unpaired) electrons. The van der Waals surface area contributed by atoms with E-state index >= 15 is 0 Å². The number of carbonyl (C=O) groups is 1. The fraction of sp³-hybridized carbons (Fsp3) is 0.182. The van der Waals surface area contributed by atoms with Crippen LogP contribution in [0.3, 0.4) is 0 Å². The number of fused-ring (bicyclic) bond motifs is 2. The van der Waals surface area contributed by atoms with E-state index in [0.29, 0.717) is 59.9 Å². The molecule has 3 heterocycles. The number of nitrogens with zero attached hydrogens (tertiary/aromatic N) is 4. The molecule has 4 aromatic rings. The Morgan fingerprint density at radius 1 is 1.21 bits per heavy atom. The second-order valence-corrected chi connectivity index (χ2v) is 7.73. The Kier molecular flexibility index (Phi) is 5.51. The molecule has 2 aromatic carbocycles. The third-order valence-electron chi connectivity index (χ3n) is 5.59. The third kappa shape index (κ3) is 4.04. The van der Waals surface area contributed by atoms with Crippen molar-refractivity contribution in [2.24, 2.45) is 5.73 Å². The summed E-state index contributed by atoms with van der Waals surface area (Å²) in [6.07, 6.45) is 2.22. The first kappa shape index (κ1) is 21.1. The topological polar surface area (TPSA) is 148 Å². The lowest BCUT2D eigenvalue weighted by Crippen LogP contribution is -2.30. The monoisotopic (exact) mass is 444 g/mol. The van der Waals surface area contributed by atoms with E-state index in [0.717, 1.165) is 16.8 Å². The molecule has 1 amide bonds. The van der Waals surface area contributed by atoms with E-state index < -0.39 is 13.0 Å². The maximum atomic E-state index is 11.8. The van der Waals surface area contributed by atoms with E-state index in [1.54, 1.807) is 41.2 Å². The highest BCUT2D eigenvalue weighted by Gasteiger charge is 2.21. The van der Waals surface area contributed by atoms with Gasteiger partial charge in [0.05, 0.1) is 36.2 Å². The van der Waals surface area contributed by atoms with Gasteiger partial charge in [-0.1, -0.05) is 30.3 Å². The zero-order chi connectivity index (χ0) is 22.9. The van der Waals surface area contributed by atoms with Crippen LogP contribution in [0.1, 0.15) is 27.2 Å². The van der Waals surface area contributed by atoms with Gasteiger partial charge in [-0.3, -0.25) is 4.79 Å². The van der Waals surface area contributed by atoms with Crippen molar-refractivity contribution in [3.05, 3.63) is 71.0 Å². The van der Waals surface area contributed by atoms with Gasteiger partial charge in [0, 0.05) is 23.9 Å². The predicted molar refractivity (Wildman–Crippen MR) is 122 cm³/mol. The lowest BCUT2D eigenvalue weighted by Gasteiger charge is -2.20. The molecule has 5 rings (SSSR count). The van der Waals surface area contributed by atoms with Gasteiger partial charge in [-0.2, -0.15) is 14.8 Å². The van der Waals surface area contributed by atoms with Crippen LogP contribution in [0, 0.1) is 0 Å². The Labute approximate surface area is 189 Å². The molecule has 0 fully saturated rings. The van der Waals surface area contributed by atoms with Crippen molar-refractivity contribution in [3.63, 3.8) is 0 Å². The van der Waals surface area contributed by atoms with Crippen molar-refractivity contribution < 1.29 is 19.6 Å². The molecule has 1 aliphatic heterocycles. The molecular weight excluding hydrogens is 423 g/mol. The molecule has 0 bridgehead atoms. The Morgan fingerprint density at radius 3 is 2.88 bits per heavy atom. The summed E-state index contributed by atoms with van der Waals surface area (Å²) in [6, 6.07) is 12.3. The zero-order valence-electron chi connectivity index (χ0n) is 17.6. The number of hydrogen-bond acceptors (Lipinski definition) is 8. The van der Waals surface area contributed by atoms with Crippen molar-refractivity contribution in [3.8, 4) is 5.95 Å². The van der Waals surface area contributed by atoms with E-state index in [4.69, 9.17) is 20.4 Å². The summed E-state index contributed by atoms with van der Waals surface area (Å²) in [6.45, 7) is 1.36. The lowest BCUT2D eigenvalue weighted by molar-refractivity contribution is 0.100. The summed E-state index contributed by atoms with van der Waals surface area (Å²) in [5, 5.41) is 27.2. The standard InChI is InChI=1S/C22H21BN6O4/c24-20(30)15-5-2-6-19-16(15)11-26-29(19)22-27-18-7-8-33-12-17(18)21(28-22)25-10-13-3-1-4-14(9-13)23(31)32/h1-6,9,11,31-32H,7-8,10,12H2,(H2,24,30)(H,25,27,28). The first-order valence-electron chi connectivity index (χ1n) is 10.4. The van der Waals surface area contributed by atoms with Gasteiger partial charge in [0.2, 0.25) is 5.91 Å². The number of ether oxygens (including phenoxy) is 1. The van der Waals surface area contributed by atoms with E-state index in [-0.39, 0.29) is 0 Å². The predicted octanol–water partition coefficient (Wildman–Crippen LogP) is 0.279. The fourth-order valence-electron chi connectivity index (χ4n) is 3.93. The van der Waals surface area contributed by atoms with Gasteiger partial charge in [-0.15, -0.1) is 0 Å². The summed E-state index contributed by atoms with van der Waals surface area (Å²) in [5.41, 5.74) is 9.58. The van der Waals surface area contributed by atoms with Crippen LogP contribution >= 0.6 is 0 Å².